The molecule has 2 heteroatoms. The van der Waals surface area contributed by atoms with Crippen LogP contribution in [0.1, 0.15) is 69.6 Å². The fourth-order valence-electron chi connectivity index (χ4n) is 4.17. The highest BCUT2D eigenvalue weighted by Crippen LogP contribution is 2.40. The van der Waals surface area contributed by atoms with E-state index in [4.69, 9.17) is 0 Å². The molecule has 1 saturated carbocycles. The molecule has 0 saturated heterocycles. The second-order valence-electron chi connectivity index (χ2n) is 6.98. The number of aryl methyl sites for hydroxylation is 2. The number of hydrogen-bond donors (Lipinski definition) is 0. The maximum atomic E-state index is 14.2. The van der Waals surface area contributed by atoms with Crippen LogP contribution in [0, 0.1) is 36.3 Å². The summed E-state index contributed by atoms with van der Waals surface area (Å²) in [5.41, 5.74) is 2.16. The highest BCUT2D eigenvalue weighted by Gasteiger charge is 2.31. The van der Waals surface area contributed by atoms with Crippen LogP contribution in [0.5, 0.6) is 0 Å². The van der Waals surface area contributed by atoms with Crippen LogP contribution < -0.4 is 0 Å². The topological polar surface area (TPSA) is 0 Å². The third-order valence-corrected chi connectivity index (χ3v) is 5.56. The Morgan fingerprint density at radius 1 is 0.909 bits per heavy atom. The predicted octanol–water partition coefficient (Wildman–Crippen LogP) is 6.23. The molecule has 1 aromatic rings. The van der Waals surface area contributed by atoms with Crippen LogP contribution in [0.2, 0.25) is 0 Å². The quantitative estimate of drug-likeness (QED) is 0.577. The van der Waals surface area contributed by atoms with Crippen LogP contribution in [0.15, 0.2) is 6.07 Å². The molecule has 3 rings (SSSR count). The molecule has 1 aromatic carbocycles. The smallest absolute Gasteiger partial charge is 0.162 e. The van der Waals surface area contributed by atoms with E-state index in [2.05, 4.69) is 6.92 Å². The highest BCUT2D eigenvalue weighted by atomic mass is 19.2. The summed E-state index contributed by atoms with van der Waals surface area (Å²) in [6.07, 6.45) is 7.98. The van der Waals surface area contributed by atoms with Crippen molar-refractivity contribution in [3.8, 4) is 0 Å². The van der Waals surface area contributed by atoms with E-state index in [-0.39, 0.29) is 0 Å². The first-order valence-electron chi connectivity index (χ1n) is 9.02. The van der Waals surface area contributed by atoms with E-state index in [0.717, 1.165) is 36.7 Å². The molecule has 0 amide bonds. The van der Waals surface area contributed by atoms with Crippen LogP contribution in [-0.4, -0.2) is 0 Å². The SMILES string of the molecule is CC.Cc1cc2c(c(F)c1F)CC(C1CCC(C)CC1)CC2. The van der Waals surface area contributed by atoms with Gasteiger partial charge in [-0.15, -0.1) is 0 Å². The van der Waals surface area contributed by atoms with Crippen LogP contribution in [0.4, 0.5) is 8.78 Å². The molecule has 124 valence electrons. The number of rotatable bonds is 1. The fraction of sp³-hybridized carbons (Fsp3) is 0.700. The largest absolute Gasteiger partial charge is 0.203 e. The zero-order valence-electron chi connectivity index (χ0n) is 14.5. The Bertz CT molecular complexity index is 499. The van der Waals surface area contributed by atoms with Crippen LogP contribution in [0.25, 0.3) is 0 Å². The summed E-state index contributed by atoms with van der Waals surface area (Å²) < 4.78 is 27.9. The lowest BCUT2D eigenvalue weighted by Gasteiger charge is -2.36. The Labute approximate surface area is 134 Å². The van der Waals surface area contributed by atoms with E-state index < -0.39 is 11.6 Å². The average Bonchev–Trinajstić information content (AvgIpc) is 2.55. The lowest BCUT2D eigenvalue weighted by Crippen LogP contribution is -2.27. The molecule has 0 bridgehead atoms. The molecular weight excluding hydrogens is 278 g/mol. The molecule has 1 unspecified atom stereocenters. The van der Waals surface area contributed by atoms with Gasteiger partial charge in [0.25, 0.3) is 0 Å². The van der Waals surface area contributed by atoms with Gasteiger partial charge in [-0.25, -0.2) is 8.78 Å². The van der Waals surface area contributed by atoms with Crippen molar-refractivity contribution in [2.45, 2.75) is 72.6 Å². The van der Waals surface area contributed by atoms with Crippen molar-refractivity contribution in [1.82, 2.24) is 0 Å². The van der Waals surface area contributed by atoms with Crippen molar-refractivity contribution >= 4 is 0 Å². The Morgan fingerprint density at radius 3 is 2.18 bits per heavy atom. The van der Waals surface area contributed by atoms with Gasteiger partial charge in [-0.05, 0) is 73.5 Å². The lowest BCUT2D eigenvalue weighted by molar-refractivity contribution is 0.195. The molecule has 0 spiro atoms. The maximum Gasteiger partial charge on any atom is 0.162 e. The molecule has 2 aliphatic carbocycles. The first-order chi connectivity index (χ1) is 10.6. The third-order valence-electron chi connectivity index (χ3n) is 5.56. The van der Waals surface area contributed by atoms with Crippen molar-refractivity contribution in [2.75, 3.05) is 0 Å². The normalized spacial score (nSPS) is 27.6. The fourth-order valence-corrected chi connectivity index (χ4v) is 4.17. The van der Waals surface area contributed by atoms with Gasteiger partial charge in [0.05, 0.1) is 0 Å². The first kappa shape index (κ1) is 17.4. The molecule has 0 N–H and O–H groups in total. The summed E-state index contributed by atoms with van der Waals surface area (Å²) in [6.45, 7) is 7.98. The third kappa shape index (κ3) is 3.52. The highest BCUT2D eigenvalue weighted by molar-refractivity contribution is 5.36. The summed E-state index contributed by atoms with van der Waals surface area (Å²) in [5, 5.41) is 0. The standard InChI is InChI=1S/C18H24F2.C2H6/c1-11-3-5-13(6-4-11)14-7-8-15-9-12(2)17(19)18(20)16(15)10-14;1-2/h9,11,13-14H,3-8,10H2,1-2H3;1-2H3. The second-order valence-corrected chi connectivity index (χ2v) is 6.98. The lowest BCUT2D eigenvalue weighted by atomic mass is 9.70. The number of benzene rings is 1. The molecule has 0 heterocycles. The maximum absolute atomic E-state index is 14.2. The minimum atomic E-state index is -0.637. The molecule has 0 radical (unpaired) electrons. The summed E-state index contributed by atoms with van der Waals surface area (Å²) in [4.78, 5) is 0. The van der Waals surface area contributed by atoms with Gasteiger partial charge in [0.15, 0.2) is 11.6 Å². The molecule has 1 atom stereocenters. The summed E-state index contributed by atoms with van der Waals surface area (Å²) >= 11 is 0. The van der Waals surface area contributed by atoms with Crippen molar-refractivity contribution in [2.24, 2.45) is 17.8 Å². The van der Waals surface area contributed by atoms with Gasteiger partial charge in [-0.2, -0.15) is 0 Å². The van der Waals surface area contributed by atoms with Gasteiger partial charge in [0.2, 0.25) is 0 Å². The second kappa shape index (κ2) is 7.57. The zero-order valence-corrected chi connectivity index (χ0v) is 14.5. The first-order valence-corrected chi connectivity index (χ1v) is 9.02. The predicted molar refractivity (Wildman–Crippen MR) is 89.1 cm³/mol. The van der Waals surface area contributed by atoms with Crippen molar-refractivity contribution in [1.29, 1.82) is 0 Å². The van der Waals surface area contributed by atoms with Gasteiger partial charge in [0.1, 0.15) is 0 Å². The van der Waals surface area contributed by atoms with Gasteiger partial charge in [0, 0.05) is 0 Å². The summed E-state index contributed by atoms with van der Waals surface area (Å²) in [6, 6.07) is 1.85. The van der Waals surface area contributed by atoms with Gasteiger partial charge in [-0.3, -0.25) is 0 Å². The van der Waals surface area contributed by atoms with E-state index >= 15 is 0 Å². The zero-order chi connectivity index (χ0) is 16.3. The van der Waals surface area contributed by atoms with Gasteiger partial charge < -0.3 is 0 Å². The number of halogens is 2. The van der Waals surface area contributed by atoms with Gasteiger partial charge in [-0.1, -0.05) is 39.7 Å². The Hall–Kier alpha value is -0.920. The van der Waals surface area contributed by atoms with Crippen molar-refractivity contribution in [3.05, 3.63) is 34.4 Å². The van der Waals surface area contributed by atoms with Crippen LogP contribution >= 0.6 is 0 Å². The van der Waals surface area contributed by atoms with E-state index in [1.165, 1.54) is 25.7 Å². The minimum absolute atomic E-state index is 0.450. The number of hydrogen-bond acceptors (Lipinski definition) is 0. The Kier molecular flexibility index (Phi) is 6.00. The summed E-state index contributed by atoms with van der Waals surface area (Å²) in [7, 11) is 0. The summed E-state index contributed by atoms with van der Waals surface area (Å²) in [5.74, 6) is 0.921. The van der Waals surface area contributed by atoms with E-state index in [1.54, 1.807) is 6.92 Å². The van der Waals surface area contributed by atoms with Crippen molar-refractivity contribution < 1.29 is 8.78 Å². The monoisotopic (exact) mass is 308 g/mol. The van der Waals surface area contributed by atoms with E-state index in [9.17, 15) is 8.78 Å². The van der Waals surface area contributed by atoms with Crippen LogP contribution in [0.3, 0.4) is 0 Å². The molecule has 22 heavy (non-hydrogen) atoms. The Morgan fingerprint density at radius 2 is 1.55 bits per heavy atom. The molecule has 0 aliphatic heterocycles. The Balaban J connectivity index is 0.000000847. The molecular formula is C20H30F2. The molecule has 0 nitrogen and oxygen atoms in total. The van der Waals surface area contributed by atoms with Crippen LogP contribution in [-0.2, 0) is 12.8 Å². The van der Waals surface area contributed by atoms with Crippen molar-refractivity contribution in [3.63, 3.8) is 0 Å². The minimum Gasteiger partial charge on any atom is -0.203 e. The molecule has 0 aromatic heterocycles. The molecule has 2 aliphatic rings. The van der Waals surface area contributed by atoms with Gasteiger partial charge >= 0.3 is 0 Å². The van der Waals surface area contributed by atoms with E-state index in [1.807, 2.05) is 19.9 Å². The number of fused-ring (bicyclic) bond motifs is 1. The molecule has 1 fully saturated rings. The van der Waals surface area contributed by atoms with E-state index in [0.29, 0.717) is 17.0 Å². The average molecular weight is 308 g/mol.